The average molecular weight is 834 g/mol. The van der Waals surface area contributed by atoms with Gasteiger partial charge in [-0.1, -0.05) is 164 Å². The molecule has 2 aromatic heterocycles. The van der Waals surface area contributed by atoms with E-state index in [1.165, 1.54) is 64.7 Å². The van der Waals surface area contributed by atoms with E-state index < -0.39 is 5.41 Å². The van der Waals surface area contributed by atoms with E-state index in [4.69, 9.17) is 4.42 Å². The topological polar surface area (TPSA) is 16.4 Å². The Morgan fingerprint density at radius 2 is 0.859 bits per heavy atom. The minimum Gasteiger partial charge on any atom is -0.456 e. The van der Waals surface area contributed by atoms with Crippen LogP contribution in [0.3, 0.4) is 0 Å². The molecule has 0 atom stereocenters. The quantitative estimate of drug-likeness (QED) is 0.159. The van der Waals surface area contributed by atoms with Crippen LogP contribution in [0.1, 0.15) is 22.3 Å². The van der Waals surface area contributed by atoms with Crippen molar-refractivity contribution >= 4 is 70.5 Å². The summed E-state index contributed by atoms with van der Waals surface area (Å²) in [5, 5.41) is 4.90. The molecular formula is C61H39NOS. The van der Waals surface area contributed by atoms with Gasteiger partial charge in [0.05, 0.1) is 5.41 Å². The highest BCUT2D eigenvalue weighted by Gasteiger charge is 2.46. The molecule has 2 heterocycles. The molecule has 0 N–H and O–H groups in total. The van der Waals surface area contributed by atoms with Gasteiger partial charge in [-0.15, -0.1) is 11.3 Å². The number of anilines is 3. The van der Waals surface area contributed by atoms with E-state index in [2.05, 4.69) is 229 Å². The normalized spacial score (nSPS) is 12.8. The zero-order valence-electron chi connectivity index (χ0n) is 34.8. The fourth-order valence-corrected chi connectivity index (χ4v) is 11.5. The van der Waals surface area contributed by atoms with Crippen LogP contribution in [0.2, 0.25) is 0 Å². The molecule has 2 nitrogen and oxygen atoms in total. The summed E-state index contributed by atoms with van der Waals surface area (Å²) in [7, 11) is 0. The van der Waals surface area contributed by atoms with Crippen LogP contribution in [0.25, 0.3) is 75.5 Å². The number of para-hydroxylation sites is 1. The molecule has 0 fully saturated rings. The molecule has 10 aromatic carbocycles. The zero-order valence-corrected chi connectivity index (χ0v) is 35.6. The van der Waals surface area contributed by atoms with Crippen LogP contribution in [0.4, 0.5) is 17.1 Å². The molecule has 12 aromatic rings. The van der Waals surface area contributed by atoms with Gasteiger partial charge in [-0.05, 0) is 128 Å². The standard InChI is InChI=1S/C61H39NOS/c1-3-13-44(14-4-1)61(45-15-5-2-6-16-45)55-20-10-7-17-49(55)53-39-48(33-35-56(53)61)62(46-29-23-40(24-30-46)42-28-36-60-54(37-42)52-19-9-12-22-59(52)64-60)47-31-25-41(26-32-47)43-27-34-51-50-18-8-11-21-57(50)63-58(51)38-43/h1-39H. The molecule has 1 aliphatic carbocycles. The Bertz CT molecular complexity index is 3670. The van der Waals surface area contributed by atoms with Crippen LogP contribution in [-0.2, 0) is 5.41 Å². The molecule has 3 heteroatoms. The third-order valence-electron chi connectivity index (χ3n) is 13.4. The van der Waals surface area contributed by atoms with Crippen LogP contribution in [-0.4, -0.2) is 0 Å². The monoisotopic (exact) mass is 833 g/mol. The van der Waals surface area contributed by atoms with E-state index in [0.717, 1.165) is 50.1 Å². The van der Waals surface area contributed by atoms with Crippen LogP contribution in [0.5, 0.6) is 0 Å². The number of benzene rings is 10. The summed E-state index contributed by atoms with van der Waals surface area (Å²) in [6, 6.07) is 86.6. The minimum absolute atomic E-state index is 0.461. The number of thiophene rings is 1. The third kappa shape index (κ3) is 5.64. The second-order valence-corrected chi connectivity index (χ2v) is 17.9. The van der Waals surface area contributed by atoms with Gasteiger partial charge in [0.2, 0.25) is 0 Å². The van der Waals surface area contributed by atoms with Crippen molar-refractivity contribution in [3.05, 3.63) is 259 Å². The lowest BCUT2D eigenvalue weighted by Gasteiger charge is -2.34. The number of nitrogens with zero attached hydrogens (tertiary/aromatic N) is 1. The first-order valence-electron chi connectivity index (χ1n) is 21.9. The van der Waals surface area contributed by atoms with E-state index in [9.17, 15) is 0 Å². The fourth-order valence-electron chi connectivity index (χ4n) is 10.4. The van der Waals surface area contributed by atoms with Gasteiger partial charge in [0.25, 0.3) is 0 Å². The molecule has 13 rings (SSSR count). The average Bonchev–Trinajstić information content (AvgIpc) is 4.03. The summed E-state index contributed by atoms with van der Waals surface area (Å²) in [5.74, 6) is 0. The summed E-state index contributed by atoms with van der Waals surface area (Å²) < 4.78 is 8.93. The maximum Gasteiger partial charge on any atom is 0.136 e. The molecule has 0 spiro atoms. The van der Waals surface area contributed by atoms with Gasteiger partial charge in [0, 0.05) is 48.0 Å². The van der Waals surface area contributed by atoms with Crippen molar-refractivity contribution in [2.45, 2.75) is 5.41 Å². The van der Waals surface area contributed by atoms with Crippen LogP contribution in [0.15, 0.2) is 241 Å². The second-order valence-electron chi connectivity index (χ2n) is 16.8. The number of rotatable bonds is 7. The van der Waals surface area contributed by atoms with Gasteiger partial charge in [-0.2, -0.15) is 0 Å². The highest BCUT2D eigenvalue weighted by atomic mass is 32.1. The van der Waals surface area contributed by atoms with E-state index in [1.54, 1.807) is 0 Å². The first kappa shape index (κ1) is 36.7. The maximum atomic E-state index is 6.29. The van der Waals surface area contributed by atoms with Gasteiger partial charge in [-0.25, -0.2) is 0 Å². The largest absolute Gasteiger partial charge is 0.456 e. The Hall–Kier alpha value is -7.98. The predicted molar refractivity (Wildman–Crippen MR) is 269 cm³/mol. The highest BCUT2D eigenvalue weighted by Crippen LogP contribution is 2.57. The van der Waals surface area contributed by atoms with Crippen molar-refractivity contribution in [3.63, 3.8) is 0 Å². The molecule has 0 unspecified atom stereocenters. The second kappa shape index (κ2) is 14.6. The van der Waals surface area contributed by atoms with Crippen LogP contribution >= 0.6 is 11.3 Å². The van der Waals surface area contributed by atoms with Gasteiger partial charge < -0.3 is 9.32 Å². The van der Waals surface area contributed by atoms with E-state index >= 15 is 0 Å². The van der Waals surface area contributed by atoms with Gasteiger partial charge in [0.15, 0.2) is 0 Å². The highest BCUT2D eigenvalue weighted by molar-refractivity contribution is 7.25. The zero-order chi connectivity index (χ0) is 42.2. The SMILES string of the molecule is c1ccc(C2(c3ccccc3)c3ccccc3-c3cc(N(c4ccc(-c5ccc6c(c5)oc5ccccc56)cc4)c4ccc(-c5ccc6sc7ccccc7c6c5)cc4)ccc32)cc1. The molecular weight excluding hydrogens is 795 g/mol. The number of hydrogen-bond acceptors (Lipinski definition) is 3. The first-order chi connectivity index (χ1) is 31.7. The lowest BCUT2D eigenvalue weighted by atomic mass is 9.68. The molecule has 0 saturated carbocycles. The molecule has 0 amide bonds. The summed E-state index contributed by atoms with van der Waals surface area (Å²) >= 11 is 1.86. The summed E-state index contributed by atoms with van der Waals surface area (Å²) in [6.07, 6.45) is 0. The molecule has 0 saturated heterocycles. The summed E-state index contributed by atoms with van der Waals surface area (Å²) in [5.41, 5.74) is 16.9. The summed E-state index contributed by atoms with van der Waals surface area (Å²) in [6.45, 7) is 0. The van der Waals surface area contributed by atoms with Crippen LogP contribution in [0, 0.1) is 0 Å². The van der Waals surface area contributed by atoms with E-state index in [-0.39, 0.29) is 0 Å². The molecule has 0 radical (unpaired) electrons. The smallest absolute Gasteiger partial charge is 0.136 e. The maximum absolute atomic E-state index is 6.29. The Labute approximate surface area is 375 Å². The van der Waals surface area contributed by atoms with E-state index in [0.29, 0.717) is 0 Å². The lowest BCUT2D eigenvalue weighted by molar-refractivity contribution is 0.669. The first-order valence-corrected chi connectivity index (χ1v) is 22.7. The van der Waals surface area contributed by atoms with Gasteiger partial charge >= 0.3 is 0 Å². The predicted octanol–water partition coefficient (Wildman–Crippen LogP) is 17.1. The fraction of sp³-hybridized carbons (Fsp3) is 0.0164. The number of furan rings is 1. The lowest BCUT2D eigenvalue weighted by Crippen LogP contribution is -2.28. The summed E-state index contributed by atoms with van der Waals surface area (Å²) in [4.78, 5) is 2.40. The number of hydrogen-bond donors (Lipinski definition) is 0. The van der Waals surface area contributed by atoms with Crippen LogP contribution < -0.4 is 4.90 Å². The van der Waals surface area contributed by atoms with Crippen molar-refractivity contribution in [1.29, 1.82) is 0 Å². The van der Waals surface area contributed by atoms with Gasteiger partial charge in [-0.3, -0.25) is 0 Å². The third-order valence-corrected chi connectivity index (χ3v) is 14.5. The van der Waals surface area contributed by atoms with Crippen molar-refractivity contribution in [3.8, 4) is 33.4 Å². The van der Waals surface area contributed by atoms with Crippen molar-refractivity contribution in [2.75, 3.05) is 4.90 Å². The Morgan fingerprint density at radius 1 is 0.328 bits per heavy atom. The van der Waals surface area contributed by atoms with Crippen molar-refractivity contribution in [1.82, 2.24) is 0 Å². The Morgan fingerprint density at radius 3 is 1.59 bits per heavy atom. The molecule has 64 heavy (non-hydrogen) atoms. The van der Waals surface area contributed by atoms with Crippen molar-refractivity contribution < 1.29 is 4.42 Å². The molecule has 300 valence electrons. The van der Waals surface area contributed by atoms with E-state index in [1.807, 2.05) is 23.5 Å². The Kier molecular flexibility index (Phi) is 8.34. The molecule has 1 aliphatic rings. The minimum atomic E-state index is -0.461. The molecule has 0 aliphatic heterocycles. The molecule has 0 bridgehead atoms. The Balaban J connectivity index is 0.954. The number of fused-ring (bicyclic) bond motifs is 9. The van der Waals surface area contributed by atoms with Gasteiger partial charge in [0.1, 0.15) is 11.2 Å². The van der Waals surface area contributed by atoms with Crippen molar-refractivity contribution in [2.24, 2.45) is 0 Å².